The van der Waals surface area contributed by atoms with Crippen molar-refractivity contribution in [3.05, 3.63) is 29.8 Å². The number of amides is 3. The van der Waals surface area contributed by atoms with E-state index in [1.165, 1.54) is 12.8 Å². The highest BCUT2D eigenvalue weighted by molar-refractivity contribution is 6.00. The summed E-state index contributed by atoms with van der Waals surface area (Å²) in [6.07, 6.45) is 3.50. The van der Waals surface area contributed by atoms with E-state index in [1.54, 1.807) is 41.2 Å². The number of fused-ring (bicyclic) bond motifs is 2. The van der Waals surface area contributed by atoms with Crippen LogP contribution in [0.25, 0.3) is 0 Å². The van der Waals surface area contributed by atoms with Gasteiger partial charge in [-0.2, -0.15) is 0 Å². The van der Waals surface area contributed by atoms with Crippen molar-refractivity contribution in [3.63, 3.8) is 0 Å². The average Bonchev–Trinajstić information content (AvgIpc) is 3.34. The van der Waals surface area contributed by atoms with Crippen LogP contribution in [0.1, 0.15) is 36.0 Å². The average molecular weight is 413 g/mol. The fourth-order valence-corrected chi connectivity index (χ4v) is 4.80. The first-order valence-electron chi connectivity index (χ1n) is 10.7. The predicted octanol–water partition coefficient (Wildman–Crippen LogP) is 0.804. The molecule has 4 unspecified atom stereocenters. The van der Waals surface area contributed by atoms with Crippen molar-refractivity contribution in [2.75, 3.05) is 26.8 Å². The van der Waals surface area contributed by atoms with Gasteiger partial charge in [0.2, 0.25) is 11.8 Å². The van der Waals surface area contributed by atoms with Crippen molar-refractivity contribution in [2.24, 2.45) is 5.92 Å². The minimum absolute atomic E-state index is 0.0154. The molecule has 1 aromatic carbocycles. The zero-order valence-corrected chi connectivity index (χ0v) is 17.1. The first-order chi connectivity index (χ1) is 14.5. The Bertz CT molecular complexity index is 853. The van der Waals surface area contributed by atoms with E-state index in [4.69, 9.17) is 9.47 Å². The molecule has 0 spiro atoms. The third kappa shape index (κ3) is 3.43. The molecule has 1 aromatic rings. The normalized spacial score (nSPS) is 30.3. The fourth-order valence-electron chi connectivity index (χ4n) is 4.80. The van der Waals surface area contributed by atoms with Crippen LogP contribution in [0.5, 0.6) is 5.75 Å². The Balaban J connectivity index is 1.26. The zero-order valence-electron chi connectivity index (χ0n) is 17.1. The first kappa shape index (κ1) is 19.4. The molecule has 160 valence electrons. The molecular weight excluding hydrogens is 386 g/mol. The number of piperazine rings is 1. The molecule has 4 fully saturated rings. The molecule has 8 nitrogen and oxygen atoms in total. The van der Waals surface area contributed by atoms with Gasteiger partial charge in [-0.3, -0.25) is 14.4 Å². The van der Waals surface area contributed by atoms with Crippen LogP contribution in [0.15, 0.2) is 24.3 Å². The maximum absolute atomic E-state index is 13.3. The van der Waals surface area contributed by atoms with E-state index in [2.05, 4.69) is 5.32 Å². The van der Waals surface area contributed by atoms with Crippen molar-refractivity contribution in [3.8, 4) is 5.75 Å². The minimum atomic E-state index is -0.627. The number of nitrogens with one attached hydrogen (secondary N) is 1. The molecule has 0 bridgehead atoms. The summed E-state index contributed by atoms with van der Waals surface area (Å²) in [6, 6.07) is 5.39. The molecule has 3 amide bonds. The van der Waals surface area contributed by atoms with Gasteiger partial charge in [0, 0.05) is 31.7 Å². The quantitative estimate of drug-likeness (QED) is 0.746. The second-order valence-corrected chi connectivity index (χ2v) is 8.71. The van der Waals surface area contributed by atoms with Crippen molar-refractivity contribution >= 4 is 17.7 Å². The molecule has 0 radical (unpaired) electrons. The van der Waals surface area contributed by atoms with E-state index in [0.29, 0.717) is 43.2 Å². The number of benzene rings is 1. The van der Waals surface area contributed by atoms with Gasteiger partial charge in [-0.25, -0.2) is 0 Å². The Labute approximate surface area is 175 Å². The van der Waals surface area contributed by atoms with E-state index < -0.39 is 12.1 Å². The summed E-state index contributed by atoms with van der Waals surface area (Å²) >= 11 is 0. The van der Waals surface area contributed by atoms with Gasteiger partial charge in [0.05, 0.1) is 19.3 Å². The van der Waals surface area contributed by atoms with Crippen LogP contribution >= 0.6 is 0 Å². The molecule has 3 saturated heterocycles. The van der Waals surface area contributed by atoms with E-state index in [1.807, 2.05) is 0 Å². The highest BCUT2D eigenvalue weighted by Gasteiger charge is 2.55. The second kappa shape index (κ2) is 7.58. The Morgan fingerprint density at radius 1 is 1.10 bits per heavy atom. The molecule has 4 atom stereocenters. The Morgan fingerprint density at radius 3 is 2.57 bits per heavy atom. The van der Waals surface area contributed by atoms with E-state index in [9.17, 15) is 14.4 Å². The summed E-state index contributed by atoms with van der Waals surface area (Å²) in [6.45, 7) is 1.67. The van der Waals surface area contributed by atoms with Gasteiger partial charge in [-0.15, -0.1) is 0 Å². The third-order valence-electron chi connectivity index (χ3n) is 6.70. The molecular formula is C22H27N3O5. The van der Waals surface area contributed by atoms with Gasteiger partial charge in [0.25, 0.3) is 5.91 Å². The molecule has 5 rings (SSSR count). The lowest BCUT2D eigenvalue weighted by molar-refractivity contribution is -0.157. The van der Waals surface area contributed by atoms with Gasteiger partial charge in [-0.05, 0) is 49.4 Å². The number of methoxy groups -OCH3 is 1. The molecule has 8 heteroatoms. The SMILES string of the molecule is COc1ccc(C(=O)NC2CCN3C(=O)C4CC(OCC5CC5)CN4C(=O)C23)cc1. The van der Waals surface area contributed by atoms with Crippen LogP contribution in [-0.2, 0) is 14.3 Å². The smallest absolute Gasteiger partial charge is 0.251 e. The summed E-state index contributed by atoms with van der Waals surface area (Å²) in [7, 11) is 1.57. The highest BCUT2D eigenvalue weighted by Crippen LogP contribution is 2.35. The second-order valence-electron chi connectivity index (χ2n) is 8.71. The van der Waals surface area contributed by atoms with Crippen molar-refractivity contribution in [2.45, 2.75) is 49.9 Å². The van der Waals surface area contributed by atoms with Gasteiger partial charge in [0.15, 0.2) is 0 Å². The summed E-state index contributed by atoms with van der Waals surface area (Å²) in [5, 5.41) is 2.97. The number of hydrogen-bond acceptors (Lipinski definition) is 5. The van der Waals surface area contributed by atoms with Crippen LogP contribution in [-0.4, -0.2) is 78.6 Å². The standard InChI is InChI=1S/C22H27N3O5/c1-29-15-6-4-14(5-7-15)20(26)23-17-8-9-24-19(17)22(28)25-11-16(10-18(25)21(24)27)30-12-13-2-3-13/h4-7,13,16-19H,2-3,8-12H2,1H3,(H,23,26). The Morgan fingerprint density at radius 2 is 1.87 bits per heavy atom. The van der Waals surface area contributed by atoms with E-state index >= 15 is 0 Å². The molecule has 0 aromatic heterocycles. The minimum Gasteiger partial charge on any atom is -0.497 e. The van der Waals surface area contributed by atoms with E-state index in [-0.39, 0.29) is 29.9 Å². The number of hydrogen-bond donors (Lipinski definition) is 1. The lowest BCUT2D eigenvalue weighted by Crippen LogP contribution is -2.64. The van der Waals surface area contributed by atoms with Gasteiger partial charge in [-0.1, -0.05) is 0 Å². The number of carbonyl (C=O) groups excluding carboxylic acids is 3. The first-order valence-corrected chi connectivity index (χ1v) is 10.7. The van der Waals surface area contributed by atoms with Crippen molar-refractivity contribution in [1.29, 1.82) is 0 Å². The lowest BCUT2D eigenvalue weighted by atomic mass is 10.0. The summed E-state index contributed by atoms with van der Waals surface area (Å²) in [5.74, 6) is 0.979. The summed E-state index contributed by atoms with van der Waals surface area (Å²) < 4.78 is 11.1. The summed E-state index contributed by atoms with van der Waals surface area (Å²) in [5.41, 5.74) is 0.497. The fraction of sp³-hybridized carbons (Fsp3) is 0.591. The number of ether oxygens (including phenoxy) is 2. The molecule has 3 aliphatic heterocycles. The monoisotopic (exact) mass is 413 g/mol. The van der Waals surface area contributed by atoms with Crippen molar-refractivity contribution < 1.29 is 23.9 Å². The molecule has 30 heavy (non-hydrogen) atoms. The largest absolute Gasteiger partial charge is 0.497 e. The summed E-state index contributed by atoms with van der Waals surface area (Å²) in [4.78, 5) is 42.3. The number of nitrogens with zero attached hydrogens (tertiary/aromatic N) is 2. The highest BCUT2D eigenvalue weighted by atomic mass is 16.5. The lowest BCUT2D eigenvalue weighted by Gasteiger charge is -2.40. The van der Waals surface area contributed by atoms with Crippen LogP contribution in [0, 0.1) is 5.92 Å². The third-order valence-corrected chi connectivity index (χ3v) is 6.70. The van der Waals surface area contributed by atoms with Gasteiger partial charge >= 0.3 is 0 Å². The van der Waals surface area contributed by atoms with Crippen LogP contribution in [0.3, 0.4) is 0 Å². The Hall–Kier alpha value is -2.61. The van der Waals surface area contributed by atoms with Crippen LogP contribution in [0.2, 0.25) is 0 Å². The maximum Gasteiger partial charge on any atom is 0.251 e. The molecule has 3 heterocycles. The van der Waals surface area contributed by atoms with Crippen LogP contribution < -0.4 is 10.1 Å². The van der Waals surface area contributed by atoms with Gasteiger partial charge in [0.1, 0.15) is 17.8 Å². The molecule has 1 N–H and O–H groups in total. The zero-order chi connectivity index (χ0) is 20.8. The van der Waals surface area contributed by atoms with E-state index in [0.717, 1.165) is 6.61 Å². The maximum atomic E-state index is 13.3. The van der Waals surface area contributed by atoms with Crippen molar-refractivity contribution in [1.82, 2.24) is 15.1 Å². The Kier molecular flexibility index (Phi) is 4.89. The molecule has 4 aliphatic rings. The number of carbonyl (C=O) groups is 3. The van der Waals surface area contributed by atoms with Gasteiger partial charge < -0.3 is 24.6 Å². The number of rotatable bonds is 6. The van der Waals surface area contributed by atoms with Crippen LogP contribution in [0.4, 0.5) is 0 Å². The predicted molar refractivity (Wildman–Crippen MR) is 107 cm³/mol. The molecule has 1 saturated carbocycles. The molecule has 1 aliphatic carbocycles. The topological polar surface area (TPSA) is 88.2 Å².